The highest BCUT2D eigenvalue weighted by Crippen LogP contribution is 2.26. The molecule has 1 saturated heterocycles. The fourth-order valence-electron chi connectivity index (χ4n) is 3.46. The van der Waals surface area contributed by atoms with E-state index in [0.29, 0.717) is 43.4 Å². The van der Waals surface area contributed by atoms with Gasteiger partial charge in [-0.1, -0.05) is 41.0 Å². The number of nitrogens with one attached hydrogen (secondary N) is 1. The smallest absolute Gasteiger partial charge is 0.318 e. The standard InChI is InChI=1S/C22H23FN4O2/c1-15-6-8-17(9-7-15)21-25-26-22(29-21)27-12-10-16(11-13-27)20(28)24-14-18-4-2-3-5-19(18)23/h2-9,16H,10-14H2,1H3,(H,24,28). The fraction of sp³-hybridized carbons (Fsp3) is 0.318. The van der Waals surface area contributed by atoms with Gasteiger partial charge in [0.05, 0.1) is 0 Å². The number of amides is 1. The number of aromatic nitrogens is 2. The van der Waals surface area contributed by atoms with Crippen molar-refractivity contribution in [2.45, 2.75) is 26.3 Å². The van der Waals surface area contributed by atoms with E-state index in [1.807, 2.05) is 36.1 Å². The molecule has 1 aromatic heterocycles. The van der Waals surface area contributed by atoms with Crippen LogP contribution < -0.4 is 10.2 Å². The van der Waals surface area contributed by atoms with Crippen LogP contribution in [0.4, 0.5) is 10.4 Å². The molecule has 1 N–H and O–H groups in total. The molecule has 1 amide bonds. The van der Waals surface area contributed by atoms with Gasteiger partial charge in [-0.3, -0.25) is 4.79 Å². The summed E-state index contributed by atoms with van der Waals surface area (Å²) in [5.41, 5.74) is 2.55. The van der Waals surface area contributed by atoms with Gasteiger partial charge in [-0.25, -0.2) is 4.39 Å². The first-order valence-electron chi connectivity index (χ1n) is 9.77. The lowest BCUT2D eigenvalue weighted by molar-refractivity contribution is -0.125. The van der Waals surface area contributed by atoms with E-state index >= 15 is 0 Å². The van der Waals surface area contributed by atoms with E-state index in [-0.39, 0.29) is 24.2 Å². The summed E-state index contributed by atoms with van der Waals surface area (Å²) in [6.45, 7) is 3.55. The molecule has 3 aromatic rings. The number of benzene rings is 2. The van der Waals surface area contributed by atoms with Crippen LogP contribution in [0.15, 0.2) is 52.9 Å². The molecule has 150 valence electrons. The molecular formula is C22H23FN4O2. The molecule has 0 unspecified atom stereocenters. The highest BCUT2D eigenvalue weighted by molar-refractivity contribution is 5.78. The van der Waals surface area contributed by atoms with Crippen molar-refractivity contribution in [1.82, 2.24) is 15.5 Å². The monoisotopic (exact) mass is 394 g/mol. The summed E-state index contributed by atoms with van der Waals surface area (Å²) < 4.78 is 19.5. The van der Waals surface area contributed by atoms with E-state index in [4.69, 9.17) is 4.42 Å². The van der Waals surface area contributed by atoms with Crippen LogP contribution in [-0.4, -0.2) is 29.2 Å². The predicted octanol–water partition coefficient (Wildman–Crippen LogP) is 3.72. The third kappa shape index (κ3) is 4.45. The highest BCUT2D eigenvalue weighted by atomic mass is 19.1. The van der Waals surface area contributed by atoms with Gasteiger partial charge in [-0.2, -0.15) is 0 Å². The van der Waals surface area contributed by atoms with Crippen molar-refractivity contribution in [3.05, 3.63) is 65.5 Å². The fourth-order valence-corrected chi connectivity index (χ4v) is 3.46. The second-order valence-corrected chi connectivity index (χ2v) is 7.33. The average molecular weight is 394 g/mol. The number of piperidine rings is 1. The summed E-state index contributed by atoms with van der Waals surface area (Å²) in [4.78, 5) is 14.4. The molecule has 29 heavy (non-hydrogen) atoms. The minimum atomic E-state index is -0.302. The Labute approximate surface area is 168 Å². The largest absolute Gasteiger partial charge is 0.403 e. The predicted molar refractivity (Wildman–Crippen MR) is 108 cm³/mol. The zero-order valence-corrected chi connectivity index (χ0v) is 16.3. The van der Waals surface area contributed by atoms with Crippen LogP contribution in [0.1, 0.15) is 24.0 Å². The van der Waals surface area contributed by atoms with E-state index < -0.39 is 0 Å². The number of carbonyl (C=O) groups excluding carboxylic acids is 1. The van der Waals surface area contributed by atoms with Gasteiger partial charge in [0.1, 0.15) is 5.82 Å². The lowest BCUT2D eigenvalue weighted by Crippen LogP contribution is -2.40. The zero-order chi connectivity index (χ0) is 20.2. The molecular weight excluding hydrogens is 371 g/mol. The maximum atomic E-state index is 13.7. The van der Waals surface area contributed by atoms with Crippen LogP contribution in [0.5, 0.6) is 0 Å². The van der Waals surface area contributed by atoms with Gasteiger partial charge in [0.25, 0.3) is 0 Å². The minimum absolute atomic E-state index is 0.0428. The van der Waals surface area contributed by atoms with Crippen molar-refractivity contribution in [1.29, 1.82) is 0 Å². The Morgan fingerprint density at radius 3 is 2.59 bits per heavy atom. The maximum absolute atomic E-state index is 13.7. The maximum Gasteiger partial charge on any atom is 0.318 e. The van der Waals surface area contributed by atoms with Crippen LogP contribution in [0.2, 0.25) is 0 Å². The Morgan fingerprint density at radius 1 is 1.14 bits per heavy atom. The first-order valence-corrected chi connectivity index (χ1v) is 9.77. The van der Waals surface area contributed by atoms with Crippen molar-refractivity contribution in [2.75, 3.05) is 18.0 Å². The van der Waals surface area contributed by atoms with E-state index in [1.165, 1.54) is 11.6 Å². The van der Waals surface area contributed by atoms with Crippen molar-refractivity contribution in [3.8, 4) is 11.5 Å². The molecule has 1 aliphatic rings. The number of anilines is 1. The zero-order valence-electron chi connectivity index (χ0n) is 16.3. The second kappa shape index (κ2) is 8.43. The molecule has 7 heteroatoms. The highest BCUT2D eigenvalue weighted by Gasteiger charge is 2.27. The molecule has 6 nitrogen and oxygen atoms in total. The molecule has 1 fully saturated rings. The summed E-state index contributed by atoms with van der Waals surface area (Å²) >= 11 is 0. The molecule has 0 atom stereocenters. The minimum Gasteiger partial charge on any atom is -0.403 e. The van der Waals surface area contributed by atoms with Crippen molar-refractivity contribution in [2.24, 2.45) is 5.92 Å². The Morgan fingerprint density at radius 2 is 1.86 bits per heavy atom. The quantitative estimate of drug-likeness (QED) is 0.714. The molecule has 2 aromatic carbocycles. The third-order valence-corrected chi connectivity index (χ3v) is 5.26. The average Bonchev–Trinajstić information content (AvgIpc) is 3.24. The molecule has 0 bridgehead atoms. The lowest BCUT2D eigenvalue weighted by Gasteiger charge is -2.29. The van der Waals surface area contributed by atoms with Crippen molar-refractivity contribution >= 4 is 11.9 Å². The van der Waals surface area contributed by atoms with E-state index in [1.54, 1.807) is 18.2 Å². The van der Waals surface area contributed by atoms with Gasteiger partial charge in [-0.15, -0.1) is 5.10 Å². The molecule has 1 aliphatic heterocycles. The van der Waals surface area contributed by atoms with Crippen molar-refractivity contribution < 1.29 is 13.6 Å². The Balaban J connectivity index is 1.31. The number of carbonyl (C=O) groups is 1. The summed E-state index contributed by atoms with van der Waals surface area (Å²) in [6, 6.07) is 14.9. The number of hydrogen-bond donors (Lipinski definition) is 1. The first-order chi connectivity index (χ1) is 14.1. The molecule has 4 rings (SSSR count). The molecule has 0 aliphatic carbocycles. The van der Waals surface area contributed by atoms with Gasteiger partial charge >= 0.3 is 6.01 Å². The third-order valence-electron chi connectivity index (χ3n) is 5.26. The van der Waals surface area contributed by atoms with Gasteiger partial charge in [0, 0.05) is 36.7 Å². The first kappa shape index (κ1) is 19.1. The lowest BCUT2D eigenvalue weighted by atomic mass is 9.96. The van der Waals surface area contributed by atoms with Crippen LogP contribution >= 0.6 is 0 Å². The van der Waals surface area contributed by atoms with Gasteiger partial charge in [-0.05, 0) is 38.0 Å². The molecule has 0 radical (unpaired) electrons. The summed E-state index contributed by atoms with van der Waals surface area (Å²) in [7, 11) is 0. The number of aryl methyl sites for hydroxylation is 1. The normalized spacial score (nSPS) is 14.8. The SMILES string of the molecule is Cc1ccc(-c2nnc(N3CCC(C(=O)NCc4ccccc4F)CC3)o2)cc1. The Hall–Kier alpha value is -3.22. The summed E-state index contributed by atoms with van der Waals surface area (Å²) in [5, 5.41) is 11.2. The Kier molecular flexibility index (Phi) is 5.55. The van der Waals surface area contributed by atoms with Gasteiger partial charge in [0.15, 0.2) is 0 Å². The van der Waals surface area contributed by atoms with Crippen LogP contribution in [0.25, 0.3) is 11.5 Å². The van der Waals surface area contributed by atoms with Gasteiger partial charge in [0.2, 0.25) is 11.8 Å². The molecule has 0 spiro atoms. The van der Waals surface area contributed by atoms with Crippen LogP contribution in [-0.2, 0) is 11.3 Å². The summed E-state index contributed by atoms with van der Waals surface area (Å²) in [5.74, 6) is 0.0458. The molecule has 2 heterocycles. The van der Waals surface area contributed by atoms with Gasteiger partial charge < -0.3 is 14.6 Å². The molecule has 0 saturated carbocycles. The van der Waals surface area contributed by atoms with E-state index in [9.17, 15) is 9.18 Å². The summed E-state index contributed by atoms with van der Waals surface area (Å²) in [6.07, 6.45) is 1.37. The Bertz CT molecular complexity index is 978. The van der Waals surface area contributed by atoms with Crippen LogP contribution in [0.3, 0.4) is 0 Å². The van der Waals surface area contributed by atoms with Crippen molar-refractivity contribution in [3.63, 3.8) is 0 Å². The van der Waals surface area contributed by atoms with E-state index in [0.717, 1.165) is 5.56 Å². The number of halogens is 1. The topological polar surface area (TPSA) is 71.3 Å². The number of nitrogens with zero attached hydrogens (tertiary/aromatic N) is 3. The van der Waals surface area contributed by atoms with E-state index in [2.05, 4.69) is 15.5 Å². The number of hydrogen-bond acceptors (Lipinski definition) is 5. The van der Waals surface area contributed by atoms with Crippen LogP contribution in [0, 0.1) is 18.7 Å². The number of rotatable bonds is 5. The second-order valence-electron chi connectivity index (χ2n) is 7.33.